The second kappa shape index (κ2) is 12.1. The Hall–Kier alpha value is -1.89. The lowest BCUT2D eigenvalue weighted by Gasteiger charge is -2.14. The van der Waals surface area contributed by atoms with E-state index in [-0.39, 0.29) is 24.0 Å². The van der Waals surface area contributed by atoms with Gasteiger partial charge in [-0.15, -0.1) is 35.3 Å². The number of ether oxygens (including phenoxy) is 1. The maximum Gasteiger partial charge on any atom is 0.191 e. The third kappa shape index (κ3) is 6.83. The van der Waals surface area contributed by atoms with Crippen LogP contribution in [-0.2, 0) is 6.54 Å². The number of hydrogen-bond acceptors (Lipinski definition) is 6. The van der Waals surface area contributed by atoms with Crippen LogP contribution in [0.15, 0.2) is 41.4 Å². The van der Waals surface area contributed by atoms with Crippen LogP contribution in [-0.4, -0.2) is 46.4 Å². The first-order chi connectivity index (χ1) is 14.1. The molecule has 11 heteroatoms. The van der Waals surface area contributed by atoms with Gasteiger partial charge < -0.3 is 20.5 Å². The Morgan fingerprint density at radius 3 is 2.67 bits per heavy atom. The first-order valence-electron chi connectivity index (χ1n) is 9.10. The lowest BCUT2D eigenvalue weighted by Crippen LogP contribution is -2.39. The summed E-state index contributed by atoms with van der Waals surface area (Å²) in [5.74, 6) is 2.60. The molecule has 0 spiro atoms. The number of hydrogen-bond donors (Lipinski definition) is 4. The van der Waals surface area contributed by atoms with E-state index in [1.165, 1.54) is 11.3 Å². The number of H-pyrrole nitrogens is 1. The van der Waals surface area contributed by atoms with E-state index in [0.29, 0.717) is 41.6 Å². The van der Waals surface area contributed by atoms with E-state index in [1.54, 1.807) is 13.2 Å². The molecular formula is C19H24ClIN6O2S. The van der Waals surface area contributed by atoms with E-state index < -0.39 is 6.10 Å². The molecule has 0 aliphatic heterocycles. The van der Waals surface area contributed by atoms with Crippen LogP contribution >= 0.6 is 46.9 Å². The molecule has 3 aromatic rings. The number of benzene rings is 1. The van der Waals surface area contributed by atoms with Crippen LogP contribution in [0.2, 0.25) is 4.34 Å². The molecular weight excluding hydrogens is 539 g/mol. The molecule has 30 heavy (non-hydrogen) atoms. The third-order valence-corrected chi connectivity index (χ3v) is 5.33. The van der Waals surface area contributed by atoms with E-state index in [9.17, 15) is 5.11 Å². The minimum absolute atomic E-state index is 0. The van der Waals surface area contributed by atoms with Crippen molar-refractivity contribution in [2.75, 3.05) is 20.2 Å². The van der Waals surface area contributed by atoms with Crippen LogP contribution < -0.4 is 15.4 Å². The van der Waals surface area contributed by atoms with E-state index in [0.717, 1.165) is 16.2 Å². The summed E-state index contributed by atoms with van der Waals surface area (Å²) in [5.41, 5.74) is 0.889. The van der Waals surface area contributed by atoms with Crippen molar-refractivity contribution >= 4 is 52.9 Å². The van der Waals surface area contributed by atoms with Gasteiger partial charge in [-0.1, -0.05) is 11.6 Å². The number of nitrogens with zero attached hydrogens (tertiary/aromatic N) is 3. The number of aromatic amines is 1. The number of aromatic nitrogens is 3. The molecule has 2 aromatic heterocycles. The average molecular weight is 563 g/mol. The largest absolute Gasteiger partial charge is 0.497 e. The normalized spacial score (nSPS) is 12.2. The Morgan fingerprint density at radius 2 is 2.03 bits per heavy atom. The van der Waals surface area contributed by atoms with Crippen LogP contribution in [0.25, 0.3) is 11.4 Å². The van der Waals surface area contributed by atoms with Crippen LogP contribution in [0.4, 0.5) is 0 Å². The number of nitrogens with one attached hydrogen (secondary N) is 3. The topological polar surface area (TPSA) is 107 Å². The zero-order valence-corrected chi connectivity index (χ0v) is 20.5. The van der Waals surface area contributed by atoms with Crippen molar-refractivity contribution in [1.29, 1.82) is 0 Å². The second-order valence-corrected chi connectivity index (χ2v) is 7.81. The summed E-state index contributed by atoms with van der Waals surface area (Å²) >= 11 is 7.28. The number of aliphatic hydroxyl groups is 1. The Bertz CT molecular complexity index is 947. The van der Waals surface area contributed by atoms with Gasteiger partial charge in [0, 0.05) is 23.5 Å². The fraction of sp³-hybridized carbons (Fsp3) is 0.316. The molecule has 0 fully saturated rings. The molecule has 0 amide bonds. The molecule has 0 aliphatic rings. The third-order valence-electron chi connectivity index (χ3n) is 4.00. The van der Waals surface area contributed by atoms with Crippen LogP contribution in [0, 0.1) is 0 Å². The molecule has 4 N–H and O–H groups in total. The van der Waals surface area contributed by atoms with Gasteiger partial charge in [0.15, 0.2) is 11.8 Å². The van der Waals surface area contributed by atoms with E-state index >= 15 is 0 Å². The van der Waals surface area contributed by atoms with Gasteiger partial charge in [0.05, 0.1) is 11.4 Å². The highest BCUT2D eigenvalue weighted by atomic mass is 127. The van der Waals surface area contributed by atoms with Crippen molar-refractivity contribution in [3.63, 3.8) is 0 Å². The molecule has 0 aliphatic carbocycles. The quantitative estimate of drug-likeness (QED) is 0.190. The van der Waals surface area contributed by atoms with Crippen molar-refractivity contribution in [1.82, 2.24) is 25.8 Å². The highest BCUT2D eigenvalue weighted by molar-refractivity contribution is 14.0. The Morgan fingerprint density at radius 1 is 1.27 bits per heavy atom. The van der Waals surface area contributed by atoms with Gasteiger partial charge in [0.25, 0.3) is 0 Å². The number of methoxy groups -OCH3 is 1. The number of aliphatic imine (C=N–C) groups is 1. The molecule has 162 valence electrons. The van der Waals surface area contributed by atoms with Gasteiger partial charge in [0.2, 0.25) is 0 Å². The summed E-state index contributed by atoms with van der Waals surface area (Å²) in [6.45, 7) is 3.30. The smallest absolute Gasteiger partial charge is 0.191 e. The SMILES string of the molecule is CCNC(=NCc1nc(-c2ccc(OC)cc2)n[nH]1)NCC(O)c1ccc(Cl)s1.I. The molecule has 0 saturated heterocycles. The summed E-state index contributed by atoms with van der Waals surface area (Å²) in [4.78, 5) is 9.78. The lowest BCUT2D eigenvalue weighted by atomic mass is 10.2. The molecule has 8 nitrogen and oxygen atoms in total. The average Bonchev–Trinajstić information content (AvgIpc) is 3.39. The second-order valence-electron chi connectivity index (χ2n) is 6.07. The zero-order valence-electron chi connectivity index (χ0n) is 16.6. The van der Waals surface area contributed by atoms with Gasteiger partial charge in [0.1, 0.15) is 24.2 Å². The molecule has 0 bridgehead atoms. The standard InChI is InChI=1S/C19H23ClN6O2S.HI/c1-3-21-19(22-10-14(27)15-8-9-16(20)29-15)23-11-17-24-18(26-25-17)12-4-6-13(28-2)7-5-12;/h4-9,14,27H,3,10-11H2,1-2H3,(H2,21,22,23)(H,24,25,26);1H. The minimum Gasteiger partial charge on any atom is -0.497 e. The highest BCUT2D eigenvalue weighted by Gasteiger charge is 2.11. The first-order valence-corrected chi connectivity index (χ1v) is 10.3. The van der Waals surface area contributed by atoms with E-state index in [4.69, 9.17) is 16.3 Å². The van der Waals surface area contributed by atoms with Gasteiger partial charge in [-0.2, -0.15) is 5.10 Å². The number of guanidine groups is 1. The number of aliphatic hydroxyl groups excluding tert-OH is 1. The molecule has 1 aromatic carbocycles. The van der Waals surface area contributed by atoms with E-state index in [1.807, 2.05) is 37.3 Å². The van der Waals surface area contributed by atoms with Crippen molar-refractivity contribution in [2.45, 2.75) is 19.6 Å². The maximum absolute atomic E-state index is 10.3. The van der Waals surface area contributed by atoms with Crippen LogP contribution in [0.5, 0.6) is 5.75 Å². The summed E-state index contributed by atoms with van der Waals surface area (Å²) in [7, 11) is 1.63. The monoisotopic (exact) mass is 562 g/mol. The fourth-order valence-corrected chi connectivity index (χ4v) is 3.58. The molecule has 2 heterocycles. The molecule has 0 saturated carbocycles. The van der Waals surface area contributed by atoms with Crippen molar-refractivity contribution in [2.24, 2.45) is 4.99 Å². The first kappa shape index (κ1) is 24.4. The molecule has 1 unspecified atom stereocenters. The van der Waals surface area contributed by atoms with Gasteiger partial charge in [-0.3, -0.25) is 5.10 Å². The van der Waals surface area contributed by atoms with E-state index in [2.05, 4.69) is 30.8 Å². The lowest BCUT2D eigenvalue weighted by molar-refractivity contribution is 0.184. The summed E-state index contributed by atoms with van der Waals surface area (Å²) < 4.78 is 5.81. The van der Waals surface area contributed by atoms with Crippen LogP contribution in [0.1, 0.15) is 23.7 Å². The van der Waals surface area contributed by atoms with Crippen molar-refractivity contribution in [3.8, 4) is 17.1 Å². The predicted octanol–water partition coefficient (Wildman–Crippen LogP) is 3.60. The molecule has 0 radical (unpaired) electrons. The summed E-state index contributed by atoms with van der Waals surface area (Å²) in [6, 6.07) is 11.1. The Balaban J connectivity index is 0.00000320. The minimum atomic E-state index is -0.664. The Kier molecular flexibility index (Phi) is 9.82. The molecule has 3 rings (SSSR count). The predicted molar refractivity (Wildman–Crippen MR) is 131 cm³/mol. The fourth-order valence-electron chi connectivity index (χ4n) is 2.53. The van der Waals surface area contributed by atoms with Gasteiger partial charge in [-0.05, 0) is 43.3 Å². The summed E-state index contributed by atoms with van der Waals surface area (Å²) in [5, 5.41) is 23.7. The van der Waals surface area contributed by atoms with Crippen molar-refractivity contribution < 1.29 is 9.84 Å². The van der Waals surface area contributed by atoms with Crippen molar-refractivity contribution in [3.05, 3.63) is 51.4 Å². The van der Waals surface area contributed by atoms with Crippen LogP contribution in [0.3, 0.4) is 0 Å². The summed E-state index contributed by atoms with van der Waals surface area (Å²) in [6.07, 6.45) is -0.664. The molecule has 1 atom stereocenters. The maximum atomic E-state index is 10.3. The van der Waals surface area contributed by atoms with Gasteiger partial charge >= 0.3 is 0 Å². The zero-order chi connectivity index (χ0) is 20.6. The Labute approximate surface area is 201 Å². The number of thiophene rings is 1. The number of halogens is 2. The number of rotatable bonds is 8. The van der Waals surface area contributed by atoms with Gasteiger partial charge in [-0.25, -0.2) is 9.98 Å². The highest BCUT2D eigenvalue weighted by Crippen LogP contribution is 2.26.